The highest BCUT2D eigenvalue weighted by Crippen LogP contribution is 2.22. The molecule has 0 saturated carbocycles. The van der Waals surface area contributed by atoms with E-state index < -0.39 is 0 Å². The minimum absolute atomic E-state index is 0.227. The van der Waals surface area contributed by atoms with E-state index in [4.69, 9.17) is 9.47 Å². The summed E-state index contributed by atoms with van der Waals surface area (Å²) in [5.74, 6) is 1.16. The van der Waals surface area contributed by atoms with Crippen LogP contribution in [0.5, 0.6) is 0 Å². The first kappa shape index (κ1) is 22.1. The lowest BCUT2D eigenvalue weighted by Gasteiger charge is -2.35. The van der Waals surface area contributed by atoms with Gasteiger partial charge in [-0.2, -0.15) is 0 Å². The molecule has 3 aliphatic rings. The fraction of sp³-hybridized carbons (Fsp3) is 0.667. The number of hydrogen-bond donors (Lipinski definition) is 1. The highest BCUT2D eigenvalue weighted by atomic mass is 16.5. The fourth-order valence-electron chi connectivity index (χ4n) is 4.64. The number of anilines is 1. The SMILES string of the molecule is CN=C(NCc1ccc(N2CCCC2=O)cc1)N1CCC(OCC2CCCCO2)CC1. The first-order valence-corrected chi connectivity index (χ1v) is 11.8. The van der Waals surface area contributed by atoms with E-state index in [0.717, 1.165) is 76.7 Å². The Labute approximate surface area is 185 Å². The second-order valence-corrected chi connectivity index (χ2v) is 8.72. The third-order valence-corrected chi connectivity index (χ3v) is 6.52. The summed E-state index contributed by atoms with van der Waals surface area (Å²) in [5.41, 5.74) is 2.18. The van der Waals surface area contributed by atoms with Gasteiger partial charge in [-0.15, -0.1) is 0 Å². The van der Waals surface area contributed by atoms with Gasteiger partial charge in [0.15, 0.2) is 5.96 Å². The van der Waals surface area contributed by atoms with Gasteiger partial charge in [-0.05, 0) is 56.2 Å². The second kappa shape index (κ2) is 11.0. The molecule has 7 nitrogen and oxygen atoms in total. The first-order valence-electron chi connectivity index (χ1n) is 11.8. The summed E-state index contributed by atoms with van der Waals surface area (Å²) in [4.78, 5) is 20.6. The van der Waals surface area contributed by atoms with Crippen molar-refractivity contribution >= 4 is 17.6 Å². The average Bonchev–Trinajstić information content (AvgIpc) is 3.26. The summed E-state index contributed by atoms with van der Waals surface area (Å²) < 4.78 is 11.9. The Morgan fingerprint density at radius 3 is 2.58 bits per heavy atom. The molecule has 4 rings (SSSR count). The van der Waals surface area contributed by atoms with Crippen LogP contribution in [0, 0.1) is 0 Å². The molecule has 170 valence electrons. The number of piperidine rings is 1. The third-order valence-electron chi connectivity index (χ3n) is 6.52. The zero-order valence-corrected chi connectivity index (χ0v) is 18.7. The van der Waals surface area contributed by atoms with Gasteiger partial charge >= 0.3 is 0 Å². The number of aliphatic imine (C=N–C) groups is 1. The van der Waals surface area contributed by atoms with E-state index in [0.29, 0.717) is 12.5 Å². The molecule has 1 amide bonds. The molecule has 3 saturated heterocycles. The van der Waals surface area contributed by atoms with Crippen molar-refractivity contribution in [1.29, 1.82) is 0 Å². The molecule has 0 spiro atoms. The number of nitrogens with zero attached hydrogens (tertiary/aromatic N) is 3. The zero-order valence-electron chi connectivity index (χ0n) is 18.7. The molecule has 31 heavy (non-hydrogen) atoms. The predicted octanol–water partition coefficient (Wildman–Crippen LogP) is 2.94. The molecule has 1 N–H and O–H groups in total. The highest BCUT2D eigenvalue weighted by Gasteiger charge is 2.24. The maximum Gasteiger partial charge on any atom is 0.227 e. The molecule has 1 aromatic carbocycles. The summed E-state index contributed by atoms with van der Waals surface area (Å²) >= 11 is 0. The lowest BCUT2D eigenvalue weighted by Crippen LogP contribution is -2.47. The van der Waals surface area contributed by atoms with Crippen LogP contribution >= 0.6 is 0 Å². The van der Waals surface area contributed by atoms with E-state index >= 15 is 0 Å². The molecule has 1 unspecified atom stereocenters. The average molecular weight is 429 g/mol. The maximum atomic E-state index is 11.9. The molecule has 0 radical (unpaired) electrons. The van der Waals surface area contributed by atoms with Gasteiger partial charge in [0, 0.05) is 51.9 Å². The molecule has 0 bridgehead atoms. The lowest BCUT2D eigenvalue weighted by atomic mass is 10.1. The summed E-state index contributed by atoms with van der Waals surface area (Å²) in [7, 11) is 1.84. The Kier molecular flexibility index (Phi) is 7.81. The van der Waals surface area contributed by atoms with Crippen molar-refractivity contribution in [2.45, 2.75) is 63.7 Å². The van der Waals surface area contributed by atoms with E-state index in [2.05, 4.69) is 27.3 Å². The van der Waals surface area contributed by atoms with Crippen LogP contribution in [0.2, 0.25) is 0 Å². The van der Waals surface area contributed by atoms with Crippen molar-refractivity contribution in [3.8, 4) is 0 Å². The maximum absolute atomic E-state index is 11.9. The largest absolute Gasteiger partial charge is 0.376 e. The van der Waals surface area contributed by atoms with Gasteiger partial charge in [0.05, 0.1) is 18.8 Å². The van der Waals surface area contributed by atoms with Crippen LogP contribution in [0.1, 0.15) is 50.5 Å². The number of ether oxygens (including phenoxy) is 2. The van der Waals surface area contributed by atoms with E-state index in [1.807, 2.05) is 24.1 Å². The molecule has 0 aliphatic carbocycles. The number of amides is 1. The molecule has 0 aromatic heterocycles. The molecule has 7 heteroatoms. The van der Waals surface area contributed by atoms with Gasteiger partial charge in [0.1, 0.15) is 0 Å². The van der Waals surface area contributed by atoms with Gasteiger partial charge in [0.25, 0.3) is 0 Å². The van der Waals surface area contributed by atoms with Crippen LogP contribution in [-0.2, 0) is 20.8 Å². The van der Waals surface area contributed by atoms with Crippen LogP contribution in [0.4, 0.5) is 5.69 Å². The van der Waals surface area contributed by atoms with Gasteiger partial charge in [-0.25, -0.2) is 0 Å². The van der Waals surface area contributed by atoms with Gasteiger partial charge in [0.2, 0.25) is 5.91 Å². The van der Waals surface area contributed by atoms with Crippen LogP contribution in [0.15, 0.2) is 29.3 Å². The number of carbonyl (C=O) groups is 1. The Hall–Kier alpha value is -2.12. The van der Waals surface area contributed by atoms with Crippen molar-refractivity contribution in [1.82, 2.24) is 10.2 Å². The van der Waals surface area contributed by atoms with Crippen LogP contribution in [0.3, 0.4) is 0 Å². The molecular formula is C24H36N4O3. The molecular weight excluding hydrogens is 392 g/mol. The van der Waals surface area contributed by atoms with Crippen molar-refractivity contribution < 1.29 is 14.3 Å². The fourth-order valence-corrected chi connectivity index (χ4v) is 4.64. The quantitative estimate of drug-likeness (QED) is 0.557. The number of carbonyl (C=O) groups excluding carboxylic acids is 1. The van der Waals surface area contributed by atoms with Gasteiger partial charge < -0.3 is 24.6 Å². The summed E-state index contributed by atoms with van der Waals surface area (Å²) in [6, 6.07) is 8.27. The normalized spacial score (nSPS) is 23.5. The Morgan fingerprint density at radius 2 is 1.94 bits per heavy atom. The summed E-state index contributed by atoms with van der Waals surface area (Å²) in [6.45, 7) is 5.06. The Balaban J connectivity index is 1.19. The Bertz CT molecular complexity index is 738. The van der Waals surface area contributed by atoms with Crippen molar-refractivity contribution in [2.24, 2.45) is 4.99 Å². The smallest absolute Gasteiger partial charge is 0.227 e. The predicted molar refractivity (Wildman–Crippen MR) is 122 cm³/mol. The minimum atomic E-state index is 0.227. The Morgan fingerprint density at radius 1 is 1.13 bits per heavy atom. The zero-order chi connectivity index (χ0) is 21.5. The topological polar surface area (TPSA) is 66.4 Å². The van der Waals surface area contributed by atoms with E-state index in [-0.39, 0.29) is 12.0 Å². The number of hydrogen-bond acceptors (Lipinski definition) is 4. The van der Waals surface area contributed by atoms with E-state index in [9.17, 15) is 4.79 Å². The van der Waals surface area contributed by atoms with Crippen LogP contribution in [-0.4, -0.2) is 68.9 Å². The van der Waals surface area contributed by atoms with Crippen LogP contribution < -0.4 is 10.2 Å². The number of rotatable bonds is 6. The van der Waals surface area contributed by atoms with Crippen molar-refractivity contribution in [3.05, 3.63) is 29.8 Å². The van der Waals surface area contributed by atoms with Crippen molar-refractivity contribution in [3.63, 3.8) is 0 Å². The first-order chi connectivity index (χ1) is 15.2. The third kappa shape index (κ3) is 5.98. The molecule has 1 aromatic rings. The number of benzene rings is 1. The standard InChI is InChI=1S/C24H36N4O3/c1-25-24(26-17-19-7-9-20(10-8-19)28-13-4-6-23(28)29)27-14-11-21(12-15-27)31-18-22-5-2-3-16-30-22/h7-10,21-22H,2-6,11-18H2,1H3,(H,25,26). The highest BCUT2D eigenvalue weighted by molar-refractivity contribution is 5.95. The minimum Gasteiger partial charge on any atom is -0.376 e. The molecule has 1 atom stereocenters. The number of likely N-dealkylation sites (tertiary alicyclic amines) is 1. The second-order valence-electron chi connectivity index (χ2n) is 8.72. The lowest BCUT2D eigenvalue weighted by molar-refractivity contribution is -0.117. The number of guanidine groups is 1. The molecule has 3 fully saturated rings. The molecule has 3 heterocycles. The summed E-state index contributed by atoms with van der Waals surface area (Å²) in [5, 5.41) is 3.49. The number of nitrogens with one attached hydrogen (secondary N) is 1. The molecule has 3 aliphatic heterocycles. The van der Waals surface area contributed by atoms with E-state index in [1.165, 1.54) is 18.4 Å². The van der Waals surface area contributed by atoms with Crippen molar-refractivity contribution in [2.75, 3.05) is 44.8 Å². The summed E-state index contributed by atoms with van der Waals surface area (Å²) in [6.07, 6.45) is 7.83. The van der Waals surface area contributed by atoms with Gasteiger partial charge in [-0.1, -0.05) is 12.1 Å². The van der Waals surface area contributed by atoms with Gasteiger partial charge in [-0.3, -0.25) is 9.79 Å². The van der Waals surface area contributed by atoms with Crippen LogP contribution in [0.25, 0.3) is 0 Å². The van der Waals surface area contributed by atoms with E-state index in [1.54, 1.807) is 0 Å². The monoisotopic (exact) mass is 428 g/mol.